The Morgan fingerprint density at radius 1 is 1.00 bits per heavy atom. The van der Waals surface area contributed by atoms with E-state index in [0.29, 0.717) is 13.0 Å². The Balaban J connectivity index is 1.67. The number of fused-ring (bicyclic) bond motifs is 1. The molecule has 28 heavy (non-hydrogen) atoms. The minimum absolute atomic E-state index is 0.0335. The molecule has 0 aliphatic carbocycles. The molecular formula is C23H21N3OS. The molecule has 5 heteroatoms. The Bertz CT molecular complexity index is 1090. The largest absolute Gasteiger partial charge is 0.283 e. The molecule has 0 aliphatic heterocycles. The lowest BCUT2D eigenvalue weighted by Crippen LogP contribution is -2.31. The van der Waals surface area contributed by atoms with E-state index in [1.165, 1.54) is 11.1 Å². The number of hydrogen-bond donors (Lipinski definition) is 0. The average Bonchev–Trinajstić information content (AvgIpc) is 3.13. The van der Waals surface area contributed by atoms with Crippen molar-refractivity contribution in [2.45, 2.75) is 26.8 Å². The molecule has 0 N–H and O–H groups in total. The van der Waals surface area contributed by atoms with E-state index in [-0.39, 0.29) is 5.91 Å². The van der Waals surface area contributed by atoms with E-state index in [9.17, 15) is 4.79 Å². The van der Waals surface area contributed by atoms with Crippen LogP contribution < -0.4 is 4.90 Å². The number of aromatic nitrogens is 2. The summed E-state index contributed by atoms with van der Waals surface area (Å²) in [6, 6.07) is 18.0. The van der Waals surface area contributed by atoms with Crippen LogP contribution in [0.15, 0.2) is 67.0 Å². The summed E-state index contributed by atoms with van der Waals surface area (Å²) < 4.78 is 1.08. The maximum absolute atomic E-state index is 13.3. The maximum atomic E-state index is 13.3. The number of thiazole rings is 1. The van der Waals surface area contributed by atoms with E-state index in [1.807, 2.05) is 42.5 Å². The summed E-state index contributed by atoms with van der Waals surface area (Å²) in [4.78, 5) is 23.9. The zero-order valence-corrected chi connectivity index (χ0v) is 16.7. The van der Waals surface area contributed by atoms with Gasteiger partial charge < -0.3 is 0 Å². The Kier molecular flexibility index (Phi) is 5.17. The van der Waals surface area contributed by atoms with Crippen LogP contribution in [0.3, 0.4) is 0 Å². The zero-order chi connectivity index (χ0) is 19.5. The predicted molar refractivity (Wildman–Crippen MR) is 115 cm³/mol. The van der Waals surface area contributed by atoms with Gasteiger partial charge in [-0.1, -0.05) is 47.7 Å². The van der Waals surface area contributed by atoms with Gasteiger partial charge >= 0.3 is 0 Å². The molecule has 0 saturated heterocycles. The highest BCUT2D eigenvalue weighted by Gasteiger charge is 2.20. The Morgan fingerprint density at radius 2 is 1.86 bits per heavy atom. The van der Waals surface area contributed by atoms with Gasteiger partial charge in [-0.15, -0.1) is 0 Å². The molecule has 0 unspecified atom stereocenters. The number of amides is 1. The standard InChI is InChI=1S/C23H21N3OS/c1-16-9-10-18(12-17(16)2)13-22(27)26(15-19-6-5-11-24-14-19)23-25-20-7-3-4-8-21(20)28-23/h3-12,14H,13,15H2,1-2H3. The van der Waals surface area contributed by atoms with Gasteiger partial charge in [-0.25, -0.2) is 4.98 Å². The first-order valence-corrected chi connectivity index (χ1v) is 10.0. The number of benzene rings is 2. The van der Waals surface area contributed by atoms with Crippen LogP contribution in [0.25, 0.3) is 10.2 Å². The fourth-order valence-electron chi connectivity index (χ4n) is 3.10. The topological polar surface area (TPSA) is 46.1 Å². The summed E-state index contributed by atoms with van der Waals surface area (Å²) in [6.07, 6.45) is 3.88. The van der Waals surface area contributed by atoms with Crippen molar-refractivity contribution in [2.75, 3.05) is 4.90 Å². The van der Waals surface area contributed by atoms with Crippen LogP contribution in [-0.4, -0.2) is 15.9 Å². The smallest absolute Gasteiger partial charge is 0.233 e. The van der Waals surface area contributed by atoms with E-state index in [1.54, 1.807) is 28.6 Å². The molecule has 0 aliphatic rings. The third kappa shape index (κ3) is 3.94. The Morgan fingerprint density at radius 3 is 2.61 bits per heavy atom. The predicted octanol–water partition coefficient (Wildman–Crippen LogP) is 5.08. The van der Waals surface area contributed by atoms with Crippen molar-refractivity contribution in [2.24, 2.45) is 0 Å². The van der Waals surface area contributed by atoms with E-state index in [0.717, 1.165) is 26.5 Å². The van der Waals surface area contributed by atoms with Gasteiger partial charge in [0.2, 0.25) is 5.91 Å². The Hall–Kier alpha value is -3.05. The van der Waals surface area contributed by atoms with Gasteiger partial charge in [0.05, 0.1) is 23.2 Å². The van der Waals surface area contributed by atoms with Crippen molar-refractivity contribution in [3.05, 3.63) is 89.2 Å². The molecule has 2 aromatic carbocycles. The Labute approximate surface area is 168 Å². The zero-order valence-electron chi connectivity index (χ0n) is 15.9. The number of para-hydroxylation sites is 1. The van der Waals surface area contributed by atoms with Gasteiger partial charge in [-0.3, -0.25) is 14.7 Å². The van der Waals surface area contributed by atoms with E-state index in [4.69, 9.17) is 4.98 Å². The second-order valence-electron chi connectivity index (χ2n) is 6.90. The molecule has 4 nitrogen and oxygen atoms in total. The van der Waals surface area contributed by atoms with E-state index < -0.39 is 0 Å². The minimum Gasteiger partial charge on any atom is -0.283 e. The molecule has 2 aromatic heterocycles. The van der Waals surface area contributed by atoms with E-state index >= 15 is 0 Å². The third-order valence-corrected chi connectivity index (χ3v) is 5.86. The van der Waals surface area contributed by atoms with Gasteiger partial charge in [0.1, 0.15) is 0 Å². The van der Waals surface area contributed by atoms with Gasteiger partial charge in [0.15, 0.2) is 5.13 Å². The van der Waals surface area contributed by atoms with Crippen LogP contribution in [0, 0.1) is 13.8 Å². The van der Waals surface area contributed by atoms with Crippen molar-refractivity contribution in [1.82, 2.24) is 9.97 Å². The first-order valence-electron chi connectivity index (χ1n) is 9.21. The lowest BCUT2D eigenvalue weighted by Gasteiger charge is -2.20. The first kappa shape index (κ1) is 18.3. The number of hydrogen-bond acceptors (Lipinski definition) is 4. The summed E-state index contributed by atoms with van der Waals surface area (Å²) >= 11 is 1.54. The van der Waals surface area contributed by atoms with Gasteiger partial charge in [-0.2, -0.15) is 0 Å². The van der Waals surface area contributed by atoms with Crippen molar-refractivity contribution < 1.29 is 4.79 Å². The van der Waals surface area contributed by atoms with Crippen LogP contribution in [0.2, 0.25) is 0 Å². The molecule has 1 amide bonds. The highest BCUT2D eigenvalue weighted by molar-refractivity contribution is 7.22. The summed E-state index contributed by atoms with van der Waals surface area (Å²) in [5.41, 5.74) is 5.34. The highest BCUT2D eigenvalue weighted by Crippen LogP contribution is 2.30. The van der Waals surface area contributed by atoms with Gasteiger partial charge in [-0.05, 0) is 54.3 Å². The molecule has 4 aromatic rings. The summed E-state index contributed by atoms with van der Waals surface area (Å²) in [5.74, 6) is 0.0335. The number of pyridine rings is 1. The summed E-state index contributed by atoms with van der Waals surface area (Å²) in [7, 11) is 0. The molecule has 0 radical (unpaired) electrons. The third-order valence-electron chi connectivity index (χ3n) is 4.80. The highest BCUT2D eigenvalue weighted by atomic mass is 32.1. The lowest BCUT2D eigenvalue weighted by molar-refractivity contribution is -0.118. The van der Waals surface area contributed by atoms with Gasteiger partial charge in [0.25, 0.3) is 0 Å². The molecule has 140 valence electrons. The molecule has 0 spiro atoms. The van der Waals surface area contributed by atoms with Crippen LogP contribution in [0.5, 0.6) is 0 Å². The molecule has 0 atom stereocenters. The minimum atomic E-state index is 0.0335. The maximum Gasteiger partial charge on any atom is 0.233 e. The monoisotopic (exact) mass is 387 g/mol. The normalized spacial score (nSPS) is 10.9. The fourth-order valence-corrected chi connectivity index (χ4v) is 4.08. The second-order valence-corrected chi connectivity index (χ2v) is 7.91. The quantitative estimate of drug-likeness (QED) is 0.479. The molecular weight excluding hydrogens is 366 g/mol. The molecule has 4 rings (SSSR count). The molecule has 2 heterocycles. The van der Waals surface area contributed by atoms with Crippen LogP contribution >= 0.6 is 11.3 Å². The molecule has 0 bridgehead atoms. The lowest BCUT2D eigenvalue weighted by atomic mass is 10.0. The fraction of sp³-hybridized carbons (Fsp3) is 0.174. The SMILES string of the molecule is Cc1ccc(CC(=O)N(Cc2cccnc2)c2nc3ccccc3s2)cc1C. The first-order chi connectivity index (χ1) is 13.6. The van der Waals surface area contributed by atoms with Crippen LogP contribution in [-0.2, 0) is 17.8 Å². The number of anilines is 1. The van der Waals surface area contributed by atoms with Crippen molar-refractivity contribution >= 4 is 32.6 Å². The second kappa shape index (κ2) is 7.90. The van der Waals surface area contributed by atoms with E-state index in [2.05, 4.69) is 31.0 Å². The number of carbonyl (C=O) groups excluding carboxylic acids is 1. The van der Waals surface area contributed by atoms with Crippen LogP contribution in [0.4, 0.5) is 5.13 Å². The average molecular weight is 388 g/mol. The van der Waals surface area contributed by atoms with Crippen molar-refractivity contribution in [1.29, 1.82) is 0 Å². The van der Waals surface area contributed by atoms with Crippen molar-refractivity contribution in [3.8, 4) is 0 Å². The van der Waals surface area contributed by atoms with Gasteiger partial charge in [0, 0.05) is 12.4 Å². The number of carbonyl (C=O) groups is 1. The number of rotatable bonds is 5. The number of aryl methyl sites for hydroxylation is 2. The molecule has 0 fully saturated rings. The summed E-state index contributed by atoms with van der Waals surface area (Å²) in [6.45, 7) is 4.61. The molecule has 0 saturated carbocycles. The van der Waals surface area contributed by atoms with Crippen molar-refractivity contribution in [3.63, 3.8) is 0 Å². The van der Waals surface area contributed by atoms with Crippen LogP contribution in [0.1, 0.15) is 22.3 Å². The summed E-state index contributed by atoms with van der Waals surface area (Å²) in [5, 5.41) is 0.721. The number of nitrogens with zero attached hydrogens (tertiary/aromatic N) is 3.